The normalized spacial score (nSPS) is 19.5. The number of hydrogen-bond acceptors (Lipinski definition) is 5. The van der Waals surface area contributed by atoms with Crippen LogP contribution in [0.2, 0.25) is 0 Å². The molecule has 31 heavy (non-hydrogen) atoms. The van der Waals surface area contributed by atoms with Crippen molar-refractivity contribution in [3.05, 3.63) is 72.3 Å². The molecule has 0 bridgehead atoms. The van der Waals surface area contributed by atoms with Crippen molar-refractivity contribution >= 4 is 38.8 Å². The van der Waals surface area contributed by atoms with Gasteiger partial charge in [0.25, 0.3) is 0 Å². The van der Waals surface area contributed by atoms with Crippen LogP contribution >= 0.6 is 11.8 Å². The molecule has 3 aromatic rings. The maximum Gasteiger partial charge on any atom is 0.243 e. The van der Waals surface area contributed by atoms with Crippen molar-refractivity contribution < 1.29 is 17.9 Å². The summed E-state index contributed by atoms with van der Waals surface area (Å²) < 4.78 is 33.6. The molecule has 0 spiro atoms. The molecule has 0 N–H and O–H groups in total. The Kier molecular flexibility index (Phi) is 6.65. The van der Waals surface area contributed by atoms with E-state index in [4.69, 9.17) is 4.74 Å². The van der Waals surface area contributed by atoms with Gasteiger partial charge in [-0.2, -0.15) is 16.1 Å². The van der Waals surface area contributed by atoms with Gasteiger partial charge >= 0.3 is 0 Å². The van der Waals surface area contributed by atoms with Crippen LogP contribution in [0, 0.1) is 0 Å². The van der Waals surface area contributed by atoms with Gasteiger partial charge < -0.3 is 9.53 Å². The summed E-state index contributed by atoms with van der Waals surface area (Å²) in [5.41, 5.74) is 1.16. The summed E-state index contributed by atoms with van der Waals surface area (Å²) >= 11 is 1.73. The van der Waals surface area contributed by atoms with E-state index in [0.717, 1.165) is 34.1 Å². The third kappa shape index (κ3) is 4.79. The number of carbonyl (C=O) groups excluding carboxylic acids is 1. The number of nitrogens with zero attached hydrogens (tertiary/aromatic N) is 1. The van der Waals surface area contributed by atoms with Crippen molar-refractivity contribution in [2.45, 2.75) is 34.8 Å². The zero-order chi connectivity index (χ0) is 21.8. The number of methoxy groups -OCH3 is 1. The summed E-state index contributed by atoms with van der Waals surface area (Å²) in [6.45, 7) is 0.411. The van der Waals surface area contributed by atoms with Crippen molar-refractivity contribution in [2.75, 3.05) is 13.7 Å². The Labute approximate surface area is 187 Å². The molecule has 7 heteroatoms. The van der Waals surface area contributed by atoms with E-state index in [-0.39, 0.29) is 22.6 Å². The molecule has 162 valence electrons. The minimum atomic E-state index is -3.68. The summed E-state index contributed by atoms with van der Waals surface area (Å²) in [6.07, 6.45) is 1.71. The zero-order valence-corrected chi connectivity index (χ0v) is 18.9. The number of rotatable bonds is 8. The van der Waals surface area contributed by atoms with Crippen molar-refractivity contribution in [2.24, 2.45) is 0 Å². The number of hydrogen-bond donors (Lipinski definition) is 0. The lowest BCUT2D eigenvalue weighted by atomic mass is 10.1. The monoisotopic (exact) mass is 455 g/mol. The smallest absolute Gasteiger partial charge is 0.243 e. The van der Waals surface area contributed by atoms with Crippen LogP contribution in [0.1, 0.15) is 18.4 Å². The molecule has 1 heterocycles. The molecule has 1 saturated heterocycles. The van der Waals surface area contributed by atoms with Gasteiger partial charge in [0.2, 0.25) is 10.0 Å². The van der Waals surface area contributed by atoms with E-state index in [9.17, 15) is 13.2 Å². The van der Waals surface area contributed by atoms with Gasteiger partial charge in [-0.25, -0.2) is 8.42 Å². The molecule has 2 atom stereocenters. The molecule has 0 aromatic heterocycles. The van der Waals surface area contributed by atoms with Gasteiger partial charge in [0.15, 0.2) is 0 Å². The average molecular weight is 456 g/mol. The lowest BCUT2D eigenvalue weighted by Crippen LogP contribution is -2.36. The van der Waals surface area contributed by atoms with Gasteiger partial charge in [-0.15, -0.1) is 0 Å². The summed E-state index contributed by atoms with van der Waals surface area (Å²) in [4.78, 5) is 11.5. The second-order valence-corrected chi connectivity index (χ2v) is 10.8. The van der Waals surface area contributed by atoms with E-state index in [0.29, 0.717) is 13.0 Å². The summed E-state index contributed by atoms with van der Waals surface area (Å²) in [6, 6.07) is 20.5. The molecule has 3 aromatic carbocycles. The molecule has 4 rings (SSSR count). The number of benzene rings is 3. The third-order valence-electron chi connectivity index (χ3n) is 5.67. The van der Waals surface area contributed by atoms with Gasteiger partial charge in [-0.1, -0.05) is 42.5 Å². The number of fused-ring (bicyclic) bond motifs is 1. The zero-order valence-electron chi connectivity index (χ0n) is 17.3. The lowest BCUT2D eigenvalue weighted by molar-refractivity contribution is -0.108. The first kappa shape index (κ1) is 21.9. The first-order valence-electron chi connectivity index (χ1n) is 10.2. The molecule has 0 unspecified atom stereocenters. The topological polar surface area (TPSA) is 63.7 Å². The third-order valence-corrected chi connectivity index (χ3v) is 8.89. The molecule has 0 radical (unpaired) electrons. The fourth-order valence-electron chi connectivity index (χ4n) is 3.98. The Hall–Kier alpha value is -2.35. The fourth-order valence-corrected chi connectivity index (χ4v) is 7.05. The van der Waals surface area contributed by atoms with Crippen molar-refractivity contribution in [3.8, 4) is 5.75 Å². The van der Waals surface area contributed by atoms with Crippen LogP contribution in [-0.4, -0.2) is 44.0 Å². The molecule has 0 amide bonds. The maximum atomic E-state index is 13.4. The molecular formula is C24H25NO4S2. The van der Waals surface area contributed by atoms with E-state index in [1.807, 2.05) is 54.6 Å². The van der Waals surface area contributed by atoms with Gasteiger partial charge in [0.05, 0.1) is 12.0 Å². The summed E-state index contributed by atoms with van der Waals surface area (Å²) in [5, 5.41) is 2.03. The Morgan fingerprint density at radius 3 is 2.52 bits per heavy atom. The first-order chi connectivity index (χ1) is 15.0. The molecule has 1 aliphatic rings. The van der Waals surface area contributed by atoms with Gasteiger partial charge in [-0.3, -0.25) is 0 Å². The van der Waals surface area contributed by atoms with Crippen molar-refractivity contribution in [1.29, 1.82) is 0 Å². The van der Waals surface area contributed by atoms with E-state index in [1.54, 1.807) is 31.0 Å². The quantitative estimate of drug-likeness (QED) is 0.468. The summed E-state index contributed by atoms with van der Waals surface area (Å²) in [5.74, 6) is 1.60. The number of thioether (sulfide) groups is 1. The van der Waals surface area contributed by atoms with Gasteiger partial charge in [-0.05, 0) is 47.0 Å². The van der Waals surface area contributed by atoms with Crippen LogP contribution in [0.25, 0.3) is 10.8 Å². The van der Waals surface area contributed by atoms with Crippen LogP contribution in [0.3, 0.4) is 0 Å². The molecule has 1 fully saturated rings. The Balaban J connectivity index is 1.51. The second-order valence-electron chi connectivity index (χ2n) is 7.66. The van der Waals surface area contributed by atoms with Crippen LogP contribution in [0.5, 0.6) is 5.75 Å². The van der Waals surface area contributed by atoms with Crippen molar-refractivity contribution in [1.82, 2.24) is 4.31 Å². The number of sulfonamides is 1. The van der Waals surface area contributed by atoms with Crippen LogP contribution in [0.15, 0.2) is 71.6 Å². The van der Waals surface area contributed by atoms with E-state index < -0.39 is 10.0 Å². The highest BCUT2D eigenvalue weighted by atomic mass is 32.2. The Morgan fingerprint density at radius 1 is 1.06 bits per heavy atom. The number of carbonyl (C=O) groups is 1. The summed E-state index contributed by atoms with van der Waals surface area (Å²) in [7, 11) is -2.04. The molecule has 1 aliphatic heterocycles. The minimum Gasteiger partial charge on any atom is -0.497 e. The van der Waals surface area contributed by atoms with Crippen LogP contribution in [0.4, 0.5) is 0 Å². The van der Waals surface area contributed by atoms with Crippen molar-refractivity contribution in [3.63, 3.8) is 0 Å². The first-order valence-corrected chi connectivity index (χ1v) is 12.7. The largest absolute Gasteiger partial charge is 0.497 e. The fraction of sp³-hybridized carbons (Fsp3) is 0.292. The Bertz CT molecular complexity index is 1160. The standard InChI is InChI=1S/C24H25NO4S2/c1-29-22-9-6-18(7-10-22)17-30-23-15-21(12-13-26)25(16-23)31(27,28)24-11-8-19-4-2-3-5-20(19)14-24/h2-11,13-14,21,23H,12,15-17H2,1H3/t21-,23+/m0/s1. The molecule has 0 aliphatic carbocycles. The number of aldehydes is 1. The SMILES string of the molecule is COc1ccc(CS[C@@H]2C[C@H](CC=O)N(S(=O)(=O)c3ccc4ccccc4c3)C2)cc1. The van der Waals surface area contributed by atoms with E-state index >= 15 is 0 Å². The van der Waals surface area contributed by atoms with E-state index in [2.05, 4.69) is 0 Å². The van der Waals surface area contributed by atoms with Gasteiger partial charge in [0.1, 0.15) is 12.0 Å². The maximum absolute atomic E-state index is 13.4. The lowest BCUT2D eigenvalue weighted by Gasteiger charge is -2.22. The van der Waals surface area contributed by atoms with Crippen LogP contribution < -0.4 is 4.74 Å². The highest BCUT2D eigenvalue weighted by molar-refractivity contribution is 7.99. The Morgan fingerprint density at radius 2 is 1.81 bits per heavy atom. The predicted molar refractivity (Wildman–Crippen MR) is 125 cm³/mol. The highest BCUT2D eigenvalue weighted by Gasteiger charge is 2.40. The minimum absolute atomic E-state index is 0.141. The molecular weight excluding hydrogens is 430 g/mol. The average Bonchev–Trinajstić information content (AvgIpc) is 3.21. The number of ether oxygens (including phenoxy) is 1. The second kappa shape index (κ2) is 9.42. The molecule has 5 nitrogen and oxygen atoms in total. The predicted octanol–water partition coefficient (Wildman–Crippen LogP) is 4.50. The van der Waals surface area contributed by atoms with E-state index in [1.165, 1.54) is 4.31 Å². The highest BCUT2D eigenvalue weighted by Crippen LogP contribution is 2.35. The molecule has 0 saturated carbocycles. The van der Waals surface area contributed by atoms with Crippen LogP contribution in [-0.2, 0) is 20.6 Å². The van der Waals surface area contributed by atoms with Gasteiger partial charge in [0, 0.05) is 30.0 Å².